The molecule has 1 unspecified atom stereocenters. The van der Waals surface area contributed by atoms with Gasteiger partial charge >= 0.3 is 0 Å². The van der Waals surface area contributed by atoms with Crippen LogP contribution in [-0.4, -0.2) is 30.6 Å². The molecule has 2 nitrogen and oxygen atoms in total. The lowest BCUT2D eigenvalue weighted by Gasteiger charge is -2.43. The molecule has 2 aliphatic rings. The smallest absolute Gasteiger partial charge is 0.0303 e. The third-order valence-corrected chi connectivity index (χ3v) is 5.32. The second-order valence-corrected chi connectivity index (χ2v) is 6.73. The molecule has 0 aromatic rings. The molecule has 2 heteroatoms. The van der Waals surface area contributed by atoms with Crippen LogP contribution < -0.4 is 5.73 Å². The van der Waals surface area contributed by atoms with E-state index in [1.54, 1.807) is 0 Å². The average Bonchev–Trinajstić information content (AvgIpc) is 2.76. The van der Waals surface area contributed by atoms with Crippen molar-refractivity contribution in [3.63, 3.8) is 0 Å². The molecule has 0 heterocycles. The van der Waals surface area contributed by atoms with E-state index in [9.17, 15) is 0 Å². The fourth-order valence-corrected chi connectivity index (χ4v) is 3.51. The van der Waals surface area contributed by atoms with Gasteiger partial charge in [-0.05, 0) is 45.1 Å². The average molecular weight is 238 g/mol. The Morgan fingerprint density at radius 3 is 2.12 bits per heavy atom. The zero-order chi connectivity index (χ0) is 12.3. The fourth-order valence-electron chi connectivity index (χ4n) is 3.51. The quantitative estimate of drug-likeness (QED) is 0.771. The Kier molecular flexibility index (Phi) is 4.48. The zero-order valence-electron chi connectivity index (χ0n) is 11.8. The highest BCUT2D eigenvalue weighted by Crippen LogP contribution is 2.36. The van der Waals surface area contributed by atoms with E-state index in [-0.39, 0.29) is 5.54 Å². The molecule has 2 fully saturated rings. The summed E-state index contributed by atoms with van der Waals surface area (Å²) in [6.07, 6.45) is 11.4. The third kappa shape index (κ3) is 3.23. The second-order valence-electron chi connectivity index (χ2n) is 6.73. The van der Waals surface area contributed by atoms with Gasteiger partial charge in [-0.3, -0.25) is 4.90 Å². The van der Waals surface area contributed by atoms with E-state index in [4.69, 9.17) is 5.73 Å². The molecular formula is C15H30N2. The Bertz CT molecular complexity index is 231. The number of nitrogens with zero attached hydrogens (tertiary/aromatic N) is 1. The molecule has 2 N–H and O–H groups in total. The number of rotatable bonds is 6. The molecular weight excluding hydrogens is 208 g/mol. The first kappa shape index (κ1) is 13.4. The number of hydrogen-bond donors (Lipinski definition) is 1. The zero-order valence-corrected chi connectivity index (χ0v) is 11.8. The van der Waals surface area contributed by atoms with Crippen LogP contribution in [0, 0.1) is 11.8 Å². The summed E-state index contributed by atoms with van der Waals surface area (Å²) in [5.74, 6) is 1.89. The highest BCUT2D eigenvalue weighted by molar-refractivity contribution is 4.91. The monoisotopic (exact) mass is 238 g/mol. The van der Waals surface area contributed by atoms with Gasteiger partial charge in [0.25, 0.3) is 0 Å². The fraction of sp³-hybridized carbons (Fsp3) is 1.00. The summed E-state index contributed by atoms with van der Waals surface area (Å²) < 4.78 is 0. The molecule has 0 spiro atoms. The molecule has 0 amide bonds. The van der Waals surface area contributed by atoms with Gasteiger partial charge in [-0.25, -0.2) is 0 Å². The van der Waals surface area contributed by atoms with Crippen molar-refractivity contribution < 1.29 is 0 Å². The van der Waals surface area contributed by atoms with Crippen LogP contribution in [-0.2, 0) is 0 Å². The van der Waals surface area contributed by atoms with Gasteiger partial charge in [-0.2, -0.15) is 0 Å². The van der Waals surface area contributed by atoms with Crippen molar-refractivity contribution in [3.8, 4) is 0 Å². The van der Waals surface area contributed by atoms with Crippen molar-refractivity contribution in [2.45, 2.75) is 63.8 Å². The molecule has 0 aromatic heterocycles. The van der Waals surface area contributed by atoms with Gasteiger partial charge in [0.05, 0.1) is 0 Å². The standard InChI is InChI=1S/C15H30N2/c1-15(12-16,10-13-8-5-9-13)17(2)11-14-6-3-4-7-14/h13-14H,3-12,16H2,1-2H3. The van der Waals surface area contributed by atoms with Gasteiger partial charge < -0.3 is 5.73 Å². The number of likely N-dealkylation sites (N-methyl/N-ethyl adjacent to an activating group) is 1. The first-order chi connectivity index (χ1) is 8.14. The maximum atomic E-state index is 6.07. The molecule has 0 bridgehead atoms. The summed E-state index contributed by atoms with van der Waals surface area (Å²) in [6.45, 7) is 4.45. The first-order valence-corrected chi connectivity index (χ1v) is 7.55. The van der Waals surface area contributed by atoms with E-state index >= 15 is 0 Å². The molecule has 2 rings (SSSR count). The van der Waals surface area contributed by atoms with Crippen LogP contribution in [0.15, 0.2) is 0 Å². The van der Waals surface area contributed by atoms with E-state index in [1.165, 1.54) is 57.9 Å². The van der Waals surface area contributed by atoms with Gasteiger partial charge in [-0.15, -0.1) is 0 Å². The minimum Gasteiger partial charge on any atom is -0.329 e. The highest BCUT2D eigenvalue weighted by atomic mass is 15.2. The van der Waals surface area contributed by atoms with Crippen LogP contribution in [0.2, 0.25) is 0 Å². The van der Waals surface area contributed by atoms with Crippen molar-refractivity contribution in [2.75, 3.05) is 20.1 Å². The third-order valence-electron chi connectivity index (χ3n) is 5.32. The molecule has 1 atom stereocenters. The molecule has 0 saturated heterocycles. The van der Waals surface area contributed by atoms with Crippen molar-refractivity contribution in [1.29, 1.82) is 0 Å². The summed E-state index contributed by atoms with van der Waals surface area (Å²) in [5.41, 5.74) is 6.31. The van der Waals surface area contributed by atoms with Crippen molar-refractivity contribution in [2.24, 2.45) is 17.6 Å². The Hall–Kier alpha value is -0.0800. The Balaban J connectivity index is 1.85. The van der Waals surface area contributed by atoms with Gasteiger partial charge in [0.15, 0.2) is 0 Å². The minimum absolute atomic E-state index is 0.244. The maximum absolute atomic E-state index is 6.07. The van der Waals surface area contributed by atoms with Crippen LogP contribution in [0.1, 0.15) is 58.3 Å². The SMILES string of the molecule is CN(CC1CCCC1)C(C)(CN)CC1CCC1. The predicted octanol–water partition coefficient (Wildman–Crippen LogP) is 3.02. The lowest BCUT2D eigenvalue weighted by atomic mass is 9.76. The van der Waals surface area contributed by atoms with Crippen molar-refractivity contribution >= 4 is 0 Å². The van der Waals surface area contributed by atoms with Crippen LogP contribution in [0.3, 0.4) is 0 Å². The van der Waals surface area contributed by atoms with Gasteiger partial charge in [0.1, 0.15) is 0 Å². The van der Waals surface area contributed by atoms with Gasteiger partial charge in [0.2, 0.25) is 0 Å². The van der Waals surface area contributed by atoms with E-state index in [1.807, 2.05) is 0 Å². The largest absolute Gasteiger partial charge is 0.329 e. The molecule has 0 aromatic carbocycles. The molecule has 100 valence electrons. The summed E-state index contributed by atoms with van der Waals surface area (Å²) in [7, 11) is 2.30. The van der Waals surface area contributed by atoms with E-state index in [2.05, 4.69) is 18.9 Å². The van der Waals surface area contributed by atoms with Crippen molar-refractivity contribution in [1.82, 2.24) is 4.90 Å². The first-order valence-electron chi connectivity index (χ1n) is 7.55. The Labute approximate surface area is 107 Å². The Morgan fingerprint density at radius 2 is 1.65 bits per heavy atom. The number of nitrogens with two attached hydrogens (primary N) is 1. The summed E-state index contributed by atoms with van der Waals surface area (Å²) in [5, 5.41) is 0. The molecule has 0 aliphatic heterocycles. The lowest BCUT2D eigenvalue weighted by molar-refractivity contribution is 0.0782. The van der Waals surface area contributed by atoms with Crippen LogP contribution >= 0.6 is 0 Å². The summed E-state index contributed by atoms with van der Waals surface area (Å²) >= 11 is 0. The maximum Gasteiger partial charge on any atom is 0.0303 e. The van der Waals surface area contributed by atoms with E-state index in [0.29, 0.717) is 0 Å². The van der Waals surface area contributed by atoms with Crippen LogP contribution in [0.25, 0.3) is 0 Å². The topological polar surface area (TPSA) is 29.3 Å². The summed E-state index contributed by atoms with van der Waals surface area (Å²) in [4.78, 5) is 2.57. The normalized spacial score (nSPS) is 26.1. The van der Waals surface area contributed by atoms with Crippen molar-refractivity contribution in [3.05, 3.63) is 0 Å². The summed E-state index contributed by atoms with van der Waals surface area (Å²) in [6, 6.07) is 0. The highest BCUT2D eigenvalue weighted by Gasteiger charge is 2.34. The molecule has 2 saturated carbocycles. The minimum atomic E-state index is 0.244. The lowest BCUT2D eigenvalue weighted by Crippen LogP contribution is -2.52. The Morgan fingerprint density at radius 1 is 1.06 bits per heavy atom. The van der Waals surface area contributed by atoms with E-state index < -0.39 is 0 Å². The molecule has 0 radical (unpaired) electrons. The number of hydrogen-bond acceptors (Lipinski definition) is 2. The van der Waals surface area contributed by atoms with Gasteiger partial charge in [0, 0.05) is 18.6 Å². The second kappa shape index (κ2) is 5.71. The van der Waals surface area contributed by atoms with Gasteiger partial charge in [-0.1, -0.05) is 32.1 Å². The van der Waals surface area contributed by atoms with Crippen LogP contribution in [0.4, 0.5) is 0 Å². The predicted molar refractivity (Wildman–Crippen MR) is 74.0 cm³/mol. The van der Waals surface area contributed by atoms with Crippen LogP contribution in [0.5, 0.6) is 0 Å². The molecule has 17 heavy (non-hydrogen) atoms. The molecule has 2 aliphatic carbocycles. The van der Waals surface area contributed by atoms with E-state index in [0.717, 1.165) is 18.4 Å².